The molecule has 8 aliphatic rings. The van der Waals surface area contributed by atoms with Crippen molar-refractivity contribution in [2.24, 2.45) is 45.7 Å². The number of hydrogen-bond acceptors (Lipinski definition) is 10. The lowest BCUT2D eigenvalue weighted by Gasteiger charge is -2.27. The average molecular weight is 1090 g/mol. The third-order valence-electron chi connectivity index (χ3n) is 18.7. The molecule has 0 spiro atoms. The van der Waals surface area contributed by atoms with E-state index >= 15 is 0 Å². The number of nitrogens with zero attached hydrogens (tertiary/aromatic N) is 4. The van der Waals surface area contributed by atoms with Gasteiger partial charge in [-0.1, -0.05) is 97.1 Å². The molecule has 4 saturated carbocycles. The first-order valence-corrected chi connectivity index (χ1v) is 29.2. The van der Waals surface area contributed by atoms with Crippen LogP contribution < -0.4 is 21.5 Å². The van der Waals surface area contributed by atoms with Crippen LogP contribution in [-0.4, -0.2) is 114 Å². The van der Waals surface area contributed by atoms with Crippen molar-refractivity contribution < 1.29 is 43.3 Å². The highest BCUT2D eigenvalue weighted by molar-refractivity contribution is 5.96. The molecule has 4 aromatic rings. The van der Waals surface area contributed by atoms with Gasteiger partial charge in [-0.05, 0) is 165 Å². The second-order valence-corrected chi connectivity index (χ2v) is 23.3. The molecule has 6 amide bonds. The number of Topliss-reactive ketones (excluding diaryl/α,β-unsaturated/α-hetero) is 1. The van der Waals surface area contributed by atoms with Crippen LogP contribution in [0, 0.1) is 35.5 Å². The Kier molecular flexibility index (Phi) is 16.6. The normalized spacial score (nSPS) is 26.2. The minimum Gasteiger partial charge on any atom is -0.481 e. The molecule has 12 rings (SSSR count). The number of ether oxygens (including phenoxy) is 2. The van der Waals surface area contributed by atoms with E-state index in [1.807, 2.05) is 48.5 Å². The predicted octanol–water partition coefficient (Wildman–Crippen LogP) is 10.4. The van der Waals surface area contributed by atoms with E-state index in [-0.39, 0.29) is 78.3 Å². The van der Waals surface area contributed by atoms with Crippen LogP contribution in [0.25, 0.3) is 22.3 Å². The smallest absolute Gasteiger partial charge is 0.410 e. The highest BCUT2D eigenvalue weighted by Crippen LogP contribution is 2.47. The average Bonchev–Trinajstić information content (AvgIpc) is 4.37. The van der Waals surface area contributed by atoms with Crippen molar-refractivity contribution in [1.82, 2.24) is 31.3 Å². The summed E-state index contributed by atoms with van der Waals surface area (Å²) in [5.41, 5.74) is 16.5. The molecule has 4 aromatic carbocycles. The van der Waals surface area contributed by atoms with Gasteiger partial charge in [0.2, 0.25) is 0 Å². The summed E-state index contributed by atoms with van der Waals surface area (Å²) >= 11 is 0. The Morgan fingerprint density at radius 1 is 0.500 bits per heavy atom. The molecule has 2 heterocycles. The third-order valence-corrected chi connectivity index (χ3v) is 18.7. The van der Waals surface area contributed by atoms with Crippen molar-refractivity contribution in [1.29, 1.82) is 0 Å². The van der Waals surface area contributed by atoms with Crippen molar-refractivity contribution in [3.05, 3.63) is 119 Å². The van der Waals surface area contributed by atoms with Crippen molar-refractivity contribution >= 4 is 47.4 Å². The molecule has 0 radical (unpaired) electrons. The summed E-state index contributed by atoms with van der Waals surface area (Å²) in [6, 6.07) is 32.3. The van der Waals surface area contributed by atoms with Gasteiger partial charge in [-0.25, -0.2) is 30.0 Å². The van der Waals surface area contributed by atoms with Gasteiger partial charge >= 0.3 is 30.2 Å². The van der Waals surface area contributed by atoms with Crippen LogP contribution in [-0.2, 0) is 19.1 Å². The van der Waals surface area contributed by atoms with E-state index in [0.29, 0.717) is 63.4 Å². The Balaban J connectivity index is 0.000000169. The quantitative estimate of drug-likeness (QED) is 0.0851. The number of carbonyl (C=O) groups excluding carboxylic acids is 5. The number of fused-ring (bicyclic) bond motifs is 8. The summed E-state index contributed by atoms with van der Waals surface area (Å²) in [6.07, 6.45) is 11.2. The number of aliphatic carboxylic acids is 1. The van der Waals surface area contributed by atoms with E-state index in [9.17, 15) is 28.8 Å². The first kappa shape index (κ1) is 54.4. The van der Waals surface area contributed by atoms with Crippen molar-refractivity contribution in [3.63, 3.8) is 0 Å². The molecule has 5 N–H and O–H groups in total. The molecule has 17 nitrogen and oxygen atoms in total. The maximum Gasteiger partial charge on any atom is 0.410 e. The van der Waals surface area contributed by atoms with Crippen molar-refractivity contribution in [2.45, 2.75) is 121 Å². The Hall–Kier alpha value is -7.56. The van der Waals surface area contributed by atoms with Gasteiger partial charge in [0.1, 0.15) is 19.0 Å². The lowest BCUT2D eigenvalue weighted by Crippen LogP contribution is -2.42. The second kappa shape index (κ2) is 24.4. The minimum atomic E-state index is -0.728. The second-order valence-electron chi connectivity index (χ2n) is 23.3. The number of rotatable bonds is 12. The number of likely N-dealkylation sites (tertiary alicyclic amines) is 2. The van der Waals surface area contributed by atoms with Crippen LogP contribution in [0.5, 0.6) is 0 Å². The van der Waals surface area contributed by atoms with Crippen LogP contribution >= 0.6 is 0 Å². The summed E-state index contributed by atoms with van der Waals surface area (Å²) < 4.78 is 11.9. The summed E-state index contributed by atoms with van der Waals surface area (Å²) in [7, 11) is 0. The largest absolute Gasteiger partial charge is 0.481 e. The van der Waals surface area contributed by atoms with Crippen LogP contribution in [0.4, 0.5) is 19.2 Å². The number of carboxylic acids is 1. The number of hydrogen-bond donors (Lipinski definition) is 5. The zero-order valence-electron chi connectivity index (χ0n) is 45.7. The van der Waals surface area contributed by atoms with E-state index in [4.69, 9.17) is 14.6 Å². The number of hydrazone groups is 2. The SMILES string of the molecule is CC(=O)C1CCC(CNC(=O)N/N=C2/CCC3CCN(C(=O)OCC4c5ccccc5-c5ccccc54)C23)CC1.O=C(NCC1CCC(C(=O)O)CC1)N/N=C1/CCC2CCN(C(=O)OCC3c4ccccc4-c4ccccc43)C12. The first-order chi connectivity index (χ1) is 39.0. The third kappa shape index (κ3) is 11.7. The lowest BCUT2D eigenvalue weighted by molar-refractivity contribution is -0.143. The fraction of sp³-hybridized carbons (Fsp3) is 0.492. The number of amides is 6. The fourth-order valence-corrected chi connectivity index (χ4v) is 14.4. The van der Waals surface area contributed by atoms with Crippen LogP contribution in [0.1, 0.15) is 131 Å². The monoisotopic (exact) mass is 1090 g/mol. The van der Waals surface area contributed by atoms with Crippen LogP contribution in [0.15, 0.2) is 107 Å². The van der Waals surface area contributed by atoms with E-state index in [2.05, 4.69) is 80.2 Å². The van der Waals surface area contributed by atoms with E-state index in [1.54, 1.807) is 16.7 Å². The summed E-state index contributed by atoms with van der Waals surface area (Å²) in [4.78, 5) is 77.9. The molecule has 420 valence electrons. The van der Waals surface area contributed by atoms with Crippen LogP contribution in [0.2, 0.25) is 0 Å². The summed E-state index contributed by atoms with van der Waals surface area (Å²) in [6.45, 7) is 4.59. The van der Waals surface area contributed by atoms with Gasteiger partial charge in [-0.15, -0.1) is 0 Å². The van der Waals surface area contributed by atoms with Gasteiger partial charge < -0.3 is 25.2 Å². The van der Waals surface area contributed by atoms with Gasteiger partial charge in [0.05, 0.1) is 29.4 Å². The zero-order chi connectivity index (χ0) is 55.3. The Labute approximate surface area is 467 Å². The number of carboxylic acid groups (broad SMARTS) is 1. The molecular formula is C63H74N8O9. The fourth-order valence-electron chi connectivity index (χ4n) is 14.4. The Bertz CT molecular complexity index is 2740. The molecule has 6 fully saturated rings. The van der Waals surface area contributed by atoms with Crippen molar-refractivity contribution in [3.8, 4) is 22.3 Å². The maximum atomic E-state index is 13.3. The number of ketones is 1. The van der Waals surface area contributed by atoms with Gasteiger partial charge in [-0.2, -0.15) is 10.2 Å². The number of nitrogens with one attached hydrogen (secondary N) is 4. The first-order valence-electron chi connectivity index (χ1n) is 29.2. The van der Waals surface area contributed by atoms with Crippen molar-refractivity contribution in [2.75, 3.05) is 39.4 Å². The van der Waals surface area contributed by atoms with Gasteiger partial charge in [0, 0.05) is 43.9 Å². The standard InChI is InChI=1S/C32H38N4O4.C31H36N4O5/c1-20(37)22-12-10-21(11-13-22)18-33-31(38)35-34-29-15-14-23-16-17-36(30(23)29)32(39)40-19-28-26-8-4-2-6-24(26)25-7-3-5-9-27(25)28;36-29(37)21-11-9-19(10-12-21)17-32-30(38)34-33-27-14-13-20-15-16-35(28(20)27)31(39)40-18-26-24-7-3-1-5-22(24)23-6-2-4-8-25(23)26/h2-9,21-23,28,30H,10-19H2,1H3,(H2,33,35,38);1-8,19-21,26,28H,9-18H2,(H,36,37)(H2,32,34,38)/b34-29-;33-27-. The van der Waals surface area contributed by atoms with E-state index in [1.165, 1.54) is 44.5 Å². The molecule has 0 bridgehead atoms. The predicted molar refractivity (Wildman–Crippen MR) is 303 cm³/mol. The molecule has 6 aliphatic carbocycles. The van der Waals surface area contributed by atoms with Gasteiger partial charge in [-0.3, -0.25) is 19.4 Å². The highest BCUT2D eigenvalue weighted by atomic mass is 16.6. The van der Waals surface area contributed by atoms with E-state index < -0.39 is 5.97 Å². The van der Waals surface area contributed by atoms with Gasteiger partial charge in [0.25, 0.3) is 0 Å². The molecule has 80 heavy (non-hydrogen) atoms. The molecule has 4 atom stereocenters. The number of urea groups is 2. The molecule has 17 heteroatoms. The van der Waals surface area contributed by atoms with Crippen LogP contribution in [0.3, 0.4) is 0 Å². The maximum absolute atomic E-state index is 13.3. The molecule has 4 unspecified atom stereocenters. The minimum absolute atomic E-state index is 0.0102. The lowest BCUT2D eigenvalue weighted by atomic mass is 9.80. The Morgan fingerprint density at radius 3 is 1.23 bits per heavy atom. The molecule has 2 saturated heterocycles. The molecule has 2 aliphatic heterocycles. The molecule has 0 aromatic heterocycles. The highest BCUT2D eigenvalue weighted by Gasteiger charge is 2.47. The number of carbonyl (C=O) groups is 6. The topological polar surface area (TPSA) is 220 Å². The molecular weight excluding hydrogens is 1010 g/mol. The van der Waals surface area contributed by atoms with E-state index in [0.717, 1.165) is 88.5 Å². The summed E-state index contributed by atoms with van der Waals surface area (Å²) in [5.74, 6) is 0.838. The number of benzene rings is 4. The van der Waals surface area contributed by atoms with Gasteiger partial charge in [0.15, 0.2) is 0 Å². The Morgan fingerprint density at radius 2 is 0.863 bits per heavy atom. The summed E-state index contributed by atoms with van der Waals surface area (Å²) in [5, 5.41) is 23.8. The zero-order valence-corrected chi connectivity index (χ0v) is 45.7.